The Morgan fingerprint density at radius 3 is 1.80 bits per heavy atom. The molecule has 0 saturated heterocycles. The maximum Gasteiger partial charge on any atom is 0.284 e. The summed E-state index contributed by atoms with van der Waals surface area (Å²) >= 11 is 0.880. The summed E-state index contributed by atoms with van der Waals surface area (Å²) in [6.45, 7) is 0. The molecule has 3 aromatic carbocycles. The lowest BCUT2D eigenvalue weighted by Crippen LogP contribution is -2.01. The molecule has 3 rings (SSSR count). The van der Waals surface area contributed by atoms with Crippen LogP contribution in [0.15, 0.2) is 103 Å². The third-order valence-electron chi connectivity index (χ3n) is 3.43. The molecule has 25 heavy (non-hydrogen) atoms. The molecule has 0 unspecified atom stereocenters. The van der Waals surface area contributed by atoms with E-state index in [-0.39, 0.29) is 5.69 Å². The van der Waals surface area contributed by atoms with Crippen molar-refractivity contribution >= 4 is 27.4 Å². The summed E-state index contributed by atoms with van der Waals surface area (Å²) in [5.74, 6) is 0. The van der Waals surface area contributed by atoms with Gasteiger partial charge in [0.2, 0.25) is 0 Å². The number of nitro benzene ring substituents is 1. The maximum atomic E-state index is 13.7. The van der Waals surface area contributed by atoms with Gasteiger partial charge >= 0.3 is 0 Å². The van der Waals surface area contributed by atoms with Crippen LogP contribution in [0.5, 0.6) is 0 Å². The summed E-state index contributed by atoms with van der Waals surface area (Å²) in [4.78, 5) is 12.2. The molecule has 0 N–H and O–H groups in total. The molecule has 0 aliphatic carbocycles. The molecule has 0 heterocycles. The number of nitro groups is 1. The van der Waals surface area contributed by atoms with Crippen LogP contribution in [-0.4, -0.2) is 9.13 Å². The van der Waals surface area contributed by atoms with Crippen LogP contribution in [0.2, 0.25) is 0 Å². The van der Waals surface area contributed by atoms with Gasteiger partial charge in [0.25, 0.3) is 5.69 Å². The Labute approximate surface area is 150 Å². The van der Waals surface area contributed by atoms with Crippen LogP contribution in [-0.2, 0) is 9.73 Å². The van der Waals surface area contributed by atoms with Crippen LogP contribution >= 0.6 is 11.9 Å². The quantitative estimate of drug-likeness (QED) is 0.352. The average molecular weight is 370 g/mol. The number of para-hydroxylation sites is 1. The van der Waals surface area contributed by atoms with E-state index >= 15 is 0 Å². The first-order valence-electron chi connectivity index (χ1n) is 7.38. The van der Waals surface area contributed by atoms with E-state index in [9.17, 15) is 14.3 Å². The van der Waals surface area contributed by atoms with Crippen LogP contribution in [0.3, 0.4) is 0 Å². The van der Waals surface area contributed by atoms with Crippen molar-refractivity contribution in [3.63, 3.8) is 0 Å². The smallest absolute Gasteiger partial charge is 0.258 e. The Kier molecular flexibility index (Phi) is 5.16. The molecule has 0 atom stereocenters. The molecule has 0 aromatic heterocycles. The van der Waals surface area contributed by atoms with Gasteiger partial charge in [-0.2, -0.15) is 3.77 Å². The lowest BCUT2D eigenvalue weighted by molar-refractivity contribution is -0.387. The summed E-state index contributed by atoms with van der Waals surface area (Å²) < 4.78 is 18.0. The minimum absolute atomic E-state index is 0.0564. The van der Waals surface area contributed by atoms with Crippen molar-refractivity contribution in [2.75, 3.05) is 0 Å². The van der Waals surface area contributed by atoms with E-state index in [1.54, 1.807) is 66.7 Å². The Hall–Kier alpha value is -2.64. The Balaban J connectivity index is 2.13. The monoisotopic (exact) mass is 370 g/mol. The fourth-order valence-corrected chi connectivity index (χ4v) is 5.34. The second kappa shape index (κ2) is 7.50. The van der Waals surface area contributed by atoms with Gasteiger partial charge in [0, 0.05) is 18.0 Å². The van der Waals surface area contributed by atoms with Crippen molar-refractivity contribution in [2.45, 2.75) is 14.7 Å². The minimum Gasteiger partial charge on any atom is -0.258 e. The van der Waals surface area contributed by atoms with Crippen molar-refractivity contribution in [1.82, 2.24) is 0 Å². The second-order valence-electron chi connectivity index (χ2n) is 5.04. The topological polar surface area (TPSA) is 72.6 Å². The number of hydrogen-bond donors (Lipinski definition) is 0. The third-order valence-corrected chi connectivity index (χ3v) is 6.93. The normalized spacial score (nSPS) is 11.0. The van der Waals surface area contributed by atoms with Crippen LogP contribution < -0.4 is 0 Å². The zero-order valence-corrected chi connectivity index (χ0v) is 14.7. The molecule has 0 radical (unpaired) electrons. The molecule has 3 aromatic rings. The van der Waals surface area contributed by atoms with Crippen LogP contribution in [0, 0.1) is 10.1 Å². The SMILES string of the molecule is O=[N+]([O-])c1ccccc1SN=S(=O)(c1ccccc1)c1ccccc1. The van der Waals surface area contributed by atoms with E-state index < -0.39 is 14.7 Å². The largest absolute Gasteiger partial charge is 0.284 e. The highest BCUT2D eigenvalue weighted by atomic mass is 32.2. The van der Waals surface area contributed by atoms with Crippen molar-refractivity contribution in [3.05, 3.63) is 95.0 Å². The predicted octanol–water partition coefficient (Wildman–Crippen LogP) is 5.19. The average Bonchev–Trinajstić information content (AvgIpc) is 2.67. The van der Waals surface area contributed by atoms with Crippen molar-refractivity contribution in [2.24, 2.45) is 3.77 Å². The summed E-state index contributed by atoms with van der Waals surface area (Å²) in [7, 11) is -2.92. The van der Waals surface area contributed by atoms with Gasteiger partial charge in [0.1, 0.15) is 14.6 Å². The summed E-state index contributed by atoms with van der Waals surface area (Å²) in [6.07, 6.45) is 0. The molecule has 0 bridgehead atoms. The van der Waals surface area contributed by atoms with Gasteiger partial charge in [0.15, 0.2) is 0 Å². The Bertz CT molecular complexity index is 954. The van der Waals surface area contributed by atoms with Crippen LogP contribution in [0.25, 0.3) is 0 Å². The minimum atomic E-state index is -2.92. The van der Waals surface area contributed by atoms with Gasteiger partial charge < -0.3 is 0 Å². The third kappa shape index (κ3) is 3.72. The zero-order valence-electron chi connectivity index (χ0n) is 13.0. The Morgan fingerprint density at radius 2 is 1.28 bits per heavy atom. The van der Waals surface area contributed by atoms with Gasteiger partial charge in [0.05, 0.1) is 14.7 Å². The van der Waals surface area contributed by atoms with E-state index in [1.165, 1.54) is 6.07 Å². The zero-order chi connectivity index (χ0) is 17.7. The van der Waals surface area contributed by atoms with E-state index in [0.717, 1.165) is 11.9 Å². The molecular weight excluding hydrogens is 356 g/mol. The van der Waals surface area contributed by atoms with Gasteiger partial charge in [-0.3, -0.25) is 10.1 Å². The standard InChI is InChI=1S/C18H14N2O3S2/c21-20(22)17-13-7-8-14-18(17)24-19-25(23,15-9-3-1-4-10-15)16-11-5-2-6-12-16/h1-14H. The molecule has 0 saturated carbocycles. The molecule has 7 heteroatoms. The Morgan fingerprint density at radius 1 is 0.800 bits per heavy atom. The summed E-state index contributed by atoms with van der Waals surface area (Å²) in [6, 6.07) is 24.1. The molecule has 0 aliphatic heterocycles. The molecule has 0 aliphatic rings. The van der Waals surface area contributed by atoms with E-state index in [2.05, 4.69) is 3.77 Å². The van der Waals surface area contributed by atoms with Gasteiger partial charge in [-0.1, -0.05) is 48.5 Å². The highest BCUT2D eigenvalue weighted by Crippen LogP contribution is 2.34. The first-order valence-corrected chi connectivity index (χ1v) is 9.67. The molecule has 0 fully saturated rings. The fourth-order valence-electron chi connectivity index (χ4n) is 2.21. The van der Waals surface area contributed by atoms with Gasteiger partial charge in [-0.15, -0.1) is 0 Å². The number of rotatable bonds is 5. The van der Waals surface area contributed by atoms with Crippen LogP contribution in [0.4, 0.5) is 5.69 Å². The van der Waals surface area contributed by atoms with Crippen LogP contribution in [0.1, 0.15) is 0 Å². The molecule has 5 nitrogen and oxygen atoms in total. The number of nitrogens with zero attached hydrogens (tertiary/aromatic N) is 2. The first-order chi connectivity index (χ1) is 12.1. The van der Waals surface area contributed by atoms with Crippen molar-refractivity contribution in [3.8, 4) is 0 Å². The highest BCUT2D eigenvalue weighted by molar-refractivity contribution is 8.07. The fraction of sp³-hybridized carbons (Fsp3) is 0. The van der Waals surface area contributed by atoms with Crippen molar-refractivity contribution < 1.29 is 9.13 Å². The predicted molar refractivity (Wildman–Crippen MR) is 98.9 cm³/mol. The van der Waals surface area contributed by atoms with E-state index in [0.29, 0.717) is 14.7 Å². The lowest BCUT2D eigenvalue weighted by Gasteiger charge is -2.10. The van der Waals surface area contributed by atoms with Crippen molar-refractivity contribution in [1.29, 1.82) is 0 Å². The van der Waals surface area contributed by atoms with E-state index in [1.807, 2.05) is 12.1 Å². The number of benzene rings is 3. The summed E-state index contributed by atoms with van der Waals surface area (Å²) in [5, 5.41) is 11.2. The highest BCUT2D eigenvalue weighted by Gasteiger charge is 2.18. The molecule has 0 spiro atoms. The molecule has 126 valence electrons. The maximum absolute atomic E-state index is 13.7. The molecule has 0 amide bonds. The van der Waals surface area contributed by atoms with Gasteiger partial charge in [-0.05, 0) is 30.3 Å². The van der Waals surface area contributed by atoms with Gasteiger partial charge in [-0.25, -0.2) is 4.21 Å². The summed E-state index contributed by atoms with van der Waals surface area (Å²) in [5.41, 5.74) is -0.0564. The van der Waals surface area contributed by atoms with E-state index in [4.69, 9.17) is 0 Å². The second-order valence-corrected chi connectivity index (χ2v) is 8.26. The number of hydrogen-bond acceptors (Lipinski definition) is 5. The lowest BCUT2D eigenvalue weighted by atomic mass is 10.3. The first kappa shape index (κ1) is 17.2. The molecular formula is C18H14N2O3S2.